The summed E-state index contributed by atoms with van der Waals surface area (Å²) in [7, 11) is 4.85. The van der Waals surface area contributed by atoms with Gasteiger partial charge in [0.25, 0.3) is 0 Å². The maximum Gasteiger partial charge on any atom is 0.166 e. The van der Waals surface area contributed by atoms with Crippen LogP contribution in [0, 0.1) is 0 Å². The molecule has 0 spiro atoms. The van der Waals surface area contributed by atoms with Crippen LogP contribution >= 0.6 is 0 Å². The van der Waals surface area contributed by atoms with Crippen molar-refractivity contribution in [3.05, 3.63) is 71.3 Å². The predicted molar refractivity (Wildman–Crippen MR) is 122 cm³/mol. The highest BCUT2D eigenvalue weighted by Crippen LogP contribution is 2.45. The van der Waals surface area contributed by atoms with Crippen molar-refractivity contribution in [2.75, 3.05) is 34.4 Å². The predicted octanol–water partition coefficient (Wildman–Crippen LogP) is 4.69. The van der Waals surface area contributed by atoms with Gasteiger partial charge in [-0.15, -0.1) is 0 Å². The molecule has 0 radical (unpaired) electrons. The molecule has 0 unspecified atom stereocenters. The van der Waals surface area contributed by atoms with E-state index in [0.717, 1.165) is 49.2 Å². The van der Waals surface area contributed by atoms with Crippen LogP contribution in [0.15, 0.2) is 54.6 Å². The molecule has 0 aromatic heterocycles. The molecular formula is C26H29NO4. The van der Waals surface area contributed by atoms with E-state index in [1.54, 1.807) is 21.3 Å². The van der Waals surface area contributed by atoms with E-state index in [1.807, 2.05) is 30.3 Å². The number of hydrogen-bond acceptors (Lipinski definition) is 5. The van der Waals surface area contributed by atoms with Crippen LogP contribution < -0.4 is 14.2 Å². The van der Waals surface area contributed by atoms with E-state index in [2.05, 4.69) is 29.2 Å². The topological polar surface area (TPSA) is 51.2 Å². The monoisotopic (exact) mass is 419 g/mol. The van der Waals surface area contributed by atoms with Crippen molar-refractivity contribution in [3.63, 3.8) is 0 Å². The van der Waals surface area contributed by atoms with Gasteiger partial charge in [-0.25, -0.2) is 0 Å². The Hall–Kier alpha value is -3.18. The lowest BCUT2D eigenvalue weighted by molar-refractivity contribution is 0.256. The van der Waals surface area contributed by atoms with Crippen LogP contribution in [0.1, 0.15) is 16.7 Å². The maximum absolute atomic E-state index is 11.1. The largest absolute Gasteiger partial charge is 0.504 e. The first-order valence-electron chi connectivity index (χ1n) is 10.5. The number of fused-ring (bicyclic) bond motifs is 1. The van der Waals surface area contributed by atoms with E-state index < -0.39 is 0 Å². The van der Waals surface area contributed by atoms with Gasteiger partial charge in [-0.05, 0) is 53.3 Å². The van der Waals surface area contributed by atoms with Gasteiger partial charge in [-0.1, -0.05) is 30.3 Å². The fraction of sp³-hybridized carbons (Fsp3) is 0.308. The number of methoxy groups -OCH3 is 3. The summed E-state index contributed by atoms with van der Waals surface area (Å²) < 4.78 is 16.4. The zero-order valence-corrected chi connectivity index (χ0v) is 18.4. The fourth-order valence-electron chi connectivity index (χ4n) is 4.27. The summed E-state index contributed by atoms with van der Waals surface area (Å²) in [6, 6.07) is 18.2. The third-order valence-electron chi connectivity index (χ3n) is 5.96. The van der Waals surface area contributed by atoms with Crippen LogP contribution in [0.4, 0.5) is 0 Å². The van der Waals surface area contributed by atoms with Gasteiger partial charge in [0.15, 0.2) is 11.5 Å². The number of nitrogens with zero attached hydrogens (tertiary/aromatic N) is 1. The van der Waals surface area contributed by atoms with Crippen molar-refractivity contribution in [1.82, 2.24) is 4.90 Å². The second-order valence-corrected chi connectivity index (χ2v) is 7.80. The SMILES string of the molecule is COc1cc(OC)cc(-c2c(O)c(OC)cc3c2CN(CCc2ccccc2)CC3)c1. The average Bonchev–Trinajstić information content (AvgIpc) is 2.82. The Balaban J connectivity index is 1.71. The Morgan fingerprint density at radius 2 is 1.61 bits per heavy atom. The average molecular weight is 420 g/mol. The molecule has 4 rings (SSSR count). The molecule has 0 aliphatic carbocycles. The molecule has 1 N–H and O–H groups in total. The van der Waals surface area contributed by atoms with Crippen LogP contribution in [-0.4, -0.2) is 44.4 Å². The van der Waals surface area contributed by atoms with Crippen molar-refractivity contribution in [3.8, 4) is 34.1 Å². The minimum atomic E-state index is 0.154. The van der Waals surface area contributed by atoms with Crippen LogP contribution in [0.3, 0.4) is 0 Å². The van der Waals surface area contributed by atoms with Crippen LogP contribution in [-0.2, 0) is 19.4 Å². The van der Waals surface area contributed by atoms with E-state index in [4.69, 9.17) is 14.2 Å². The Morgan fingerprint density at radius 3 is 2.26 bits per heavy atom. The number of ether oxygens (including phenoxy) is 3. The summed E-state index contributed by atoms with van der Waals surface area (Å²) in [5.41, 5.74) is 5.32. The van der Waals surface area contributed by atoms with Crippen LogP contribution in [0.2, 0.25) is 0 Å². The van der Waals surface area contributed by atoms with Crippen LogP contribution in [0.5, 0.6) is 23.0 Å². The molecule has 0 saturated heterocycles. The molecule has 162 valence electrons. The third-order valence-corrected chi connectivity index (χ3v) is 5.96. The Kier molecular flexibility index (Phi) is 6.33. The quantitative estimate of drug-likeness (QED) is 0.602. The molecule has 0 bridgehead atoms. The van der Waals surface area contributed by atoms with E-state index in [-0.39, 0.29) is 5.75 Å². The number of hydrogen-bond donors (Lipinski definition) is 1. The van der Waals surface area contributed by atoms with Crippen LogP contribution in [0.25, 0.3) is 11.1 Å². The lowest BCUT2D eigenvalue weighted by atomic mass is 9.89. The molecule has 3 aromatic carbocycles. The highest BCUT2D eigenvalue weighted by Gasteiger charge is 2.25. The smallest absolute Gasteiger partial charge is 0.166 e. The first-order valence-corrected chi connectivity index (χ1v) is 10.5. The van der Waals surface area contributed by atoms with Gasteiger partial charge in [0.1, 0.15) is 11.5 Å². The van der Waals surface area contributed by atoms with Gasteiger partial charge in [0, 0.05) is 31.3 Å². The molecule has 0 fully saturated rings. The molecule has 5 heteroatoms. The third kappa shape index (κ3) is 4.47. The van der Waals surface area contributed by atoms with Crippen molar-refractivity contribution >= 4 is 0 Å². The molecule has 1 heterocycles. The molecular weight excluding hydrogens is 390 g/mol. The molecule has 1 aliphatic heterocycles. The molecule has 3 aromatic rings. The number of aromatic hydroxyl groups is 1. The highest BCUT2D eigenvalue weighted by molar-refractivity contribution is 5.80. The highest BCUT2D eigenvalue weighted by atomic mass is 16.5. The minimum Gasteiger partial charge on any atom is -0.504 e. The Bertz CT molecular complexity index is 1030. The second kappa shape index (κ2) is 9.31. The normalized spacial score (nSPS) is 13.5. The van der Waals surface area contributed by atoms with E-state index in [0.29, 0.717) is 17.2 Å². The van der Waals surface area contributed by atoms with Crippen molar-refractivity contribution in [2.45, 2.75) is 19.4 Å². The molecule has 0 atom stereocenters. The van der Waals surface area contributed by atoms with Gasteiger partial charge < -0.3 is 19.3 Å². The standard InChI is InChI=1S/C26H29NO4/c1-29-21-13-20(14-22(16-21)30-2)25-23-17-27(11-9-18-7-5-4-6-8-18)12-10-19(23)15-24(31-3)26(25)28/h4-8,13-16,28H,9-12,17H2,1-3H3. The lowest BCUT2D eigenvalue weighted by Gasteiger charge is -2.31. The first-order chi connectivity index (χ1) is 15.1. The fourth-order valence-corrected chi connectivity index (χ4v) is 4.27. The van der Waals surface area contributed by atoms with E-state index >= 15 is 0 Å². The first kappa shape index (κ1) is 21.1. The van der Waals surface area contributed by atoms with Gasteiger partial charge in [-0.3, -0.25) is 4.90 Å². The second-order valence-electron chi connectivity index (χ2n) is 7.80. The van der Waals surface area contributed by atoms with E-state index in [1.165, 1.54) is 11.1 Å². The summed E-state index contributed by atoms with van der Waals surface area (Å²) in [4.78, 5) is 2.45. The lowest BCUT2D eigenvalue weighted by Crippen LogP contribution is -2.32. The molecule has 0 amide bonds. The van der Waals surface area contributed by atoms with Gasteiger partial charge in [0.2, 0.25) is 0 Å². The molecule has 31 heavy (non-hydrogen) atoms. The van der Waals surface area contributed by atoms with Crippen molar-refractivity contribution in [2.24, 2.45) is 0 Å². The number of phenols is 1. The zero-order valence-electron chi connectivity index (χ0n) is 18.4. The summed E-state index contributed by atoms with van der Waals surface area (Å²) in [6.07, 6.45) is 1.91. The molecule has 5 nitrogen and oxygen atoms in total. The van der Waals surface area contributed by atoms with Crippen molar-refractivity contribution in [1.29, 1.82) is 0 Å². The van der Waals surface area contributed by atoms with E-state index in [9.17, 15) is 5.11 Å². The summed E-state index contributed by atoms with van der Waals surface area (Å²) in [5, 5.41) is 11.1. The molecule has 1 aliphatic rings. The van der Waals surface area contributed by atoms with Gasteiger partial charge in [-0.2, -0.15) is 0 Å². The summed E-state index contributed by atoms with van der Waals surface area (Å²) >= 11 is 0. The van der Waals surface area contributed by atoms with Crippen molar-refractivity contribution < 1.29 is 19.3 Å². The number of phenolic OH excluding ortho intramolecular Hbond substituents is 1. The zero-order chi connectivity index (χ0) is 21.8. The Labute approximate surface area is 183 Å². The minimum absolute atomic E-state index is 0.154. The van der Waals surface area contributed by atoms with Gasteiger partial charge in [0.05, 0.1) is 21.3 Å². The molecule has 0 saturated carbocycles. The number of benzene rings is 3. The number of rotatable bonds is 7. The summed E-state index contributed by atoms with van der Waals surface area (Å²) in [5.74, 6) is 2.01. The summed E-state index contributed by atoms with van der Waals surface area (Å²) in [6.45, 7) is 2.72. The van der Waals surface area contributed by atoms with Gasteiger partial charge >= 0.3 is 0 Å². The Morgan fingerprint density at radius 1 is 0.903 bits per heavy atom. The maximum atomic E-state index is 11.1.